The van der Waals surface area contributed by atoms with Gasteiger partial charge in [-0.3, -0.25) is 9.69 Å². The van der Waals surface area contributed by atoms with Crippen LogP contribution >= 0.6 is 0 Å². The lowest BCUT2D eigenvalue weighted by molar-refractivity contribution is 0.0950. The van der Waals surface area contributed by atoms with Gasteiger partial charge in [-0.1, -0.05) is 37.1 Å². The van der Waals surface area contributed by atoms with E-state index in [1.54, 1.807) is 23.0 Å². The summed E-state index contributed by atoms with van der Waals surface area (Å²) in [5.74, 6) is -0.464. The Morgan fingerprint density at radius 2 is 1.74 bits per heavy atom. The Bertz CT molecular complexity index is 1020. The molecule has 1 N–H and O–H groups in total. The van der Waals surface area contributed by atoms with E-state index in [1.807, 2.05) is 13.0 Å². The van der Waals surface area contributed by atoms with E-state index in [2.05, 4.69) is 33.5 Å². The smallest absolute Gasteiger partial charge is 0.255 e. The molecule has 2 aromatic carbocycles. The van der Waals surface area contributed by atoms with Crippen molar-refractivity contribution in [1.82, 2.24) is 20.0 Å². The predicted octanol–water partition coefficient (Wildman–Crippen LogP) is 4.63. The molecule has 5 nitrogen and oxygen atoms in total. The maximum Gasteiger partial charge on any atom is 0.255 e. The van der Waals surface area contributed by atoms with Gasteiger partial charge in [0, 0.05) is 13.1 Å². The average Bonchev–Trinajstić information content (AvgIpc) is 2.98. The van der Waals surface area contributed by atoms with Crippen LogP contribution in [0.2, 0.25) is 0 Å². The molecule has 0 spiro atoms. The van der Waals surface area contributed by atoms with E-state index in [-0.39, 0.29) is 11.7 Å². The Labute approximate surface area is 182 Å². The number of hydrogen-bond acceptors (Lipinski definition) is 3. The molecule has 31 heavy (non-hydrogen) atoms. The highest BCUT2D eigenvalue weighted by atomic mass is 19.1. The van der Waals surface area contributed by atoms with E-state index < -0.39 is 0 Å². The van der Waals surface area contributed by atoms with Crippen LogP contribution in [0.3, 0.4) is 0 Å². The van der Waals surface area contributed by atoms with Crippen molar-refractivity contribution in [2.45, 2.75) is 45.7 Å². The minimum atomic E-state index is -0.301. The summed E-state index contributed by atoms with van der Waals surface area (Å²) in [5, 5.41) is 7.31. The second kappa shape index (κ2) is 9.88. The number of rotatable bonds is 6. The lowest BCUT2D eigenvalue weighted by atomic mass is 10.1. The van der Waals surface area contributed by atoms with Crippen LogP contribution in [0, 0.1) is 12.7 Å². The van der Waals surface area contributed by atoms with Gasteiger partial charge in [-0.25, -0.2) is 9.07 Å². The van der Waals surface area contributed by atoms with E-state index in [4.69, 9.17) is 0 Å². The number of carbonyl (C=O) groups is 1. The summed E-state index contributed by atoms with van der Waals surface area (Å²) in [5.41, 5.74) is 4.33. The Morgan fingerprint density at radius 1 is 1.03 bits per heavy atom. The lowest BCUT2D eigenvalue weighted by Gasteiger charge is -2.20. The van der Waals surface area contributed by atoms with E-state index in [0.717, 1.165) is 36.6 Å². The molecule has 1 aliphatic heterocycles. The first-order valence-electron chi connectivity index (χ1n) is 11.0. The van der Waals surface area contributed by atoms with E-state index >= 15 is 0 Å². The highest BCUT2D eigenvalue weighted by Crippen LogP contribution is 2.16. The number of halogens is 1. The van der Waals surface area contributed by atoms with Crippen molar-refractivity contribution in [3.05, 3.63) is 82.9 Å². The normalized spacial score (nSPS) is 14.9. The first kappa shape index (κ1) is 21.2. The van der Waals surface area contributed by atoms with Crippen LogP contribution in [-0.4, -0.2) is 33.7 Å². The second-order valence-corrected chi connectivity index (χ2v) is 8.22. The van der Waals surface area contributed by atoms with Crippen LogP contribution in [0.1, 0.15) is 52.9 Å². The van der Waals surface area contributed by atoms with Crippen molar-refractivity contribution in [2.75, 3.05) is 13.1 Å². The molecule has 1 aromatic heterocycles. The molecular formula is C25H29FN4O. The first-order chi connectivity index (χ1) is 15.1. The Balaban J connectivity index is 1.38. The molecule has 1 amide bonds. The fourth-order valence-corrected chi connectivity index (χ4v) is 4.14. The third-order valence-electron chi connectivity index (χ3n) is 5.87. The van der Waals surface area contributed by atoms with Crippen molar-refractivity contribution >= 4 is 5.91 Å². The summed E-state index contributed by atoms with van der Waals surface area (Å²) in [7, 11) is 0. The standard InChI is InChI=1S/C25H29FN4O/c1-19-24(17-28-30(19)23-11-9-22(26)10-12-23)25(31)27-16-20-7-6-8-21(15-20)18-29-13-4-2-3-5-14-29/h6-12,15,17H,2-5,13-14,16,18H2,1H3,(H,27,31). The summed E-state index contributed by atoms with van der Waals surface area (Å²) in [4.78, 5) is 15.3. The number of carbonyl (C=O) groups excluding carboxylic acids is 1. The Kier molecular flexibility index (Phi) is 6.77. The highest BCUT2D eigenvalue weighted by Gasteiger charge is 2.15. The minimum absolute atomic E-state index is 0.163. The molecule has 162 valence electrons. The third-order valence-corrected chi connectivity index (χ3v) is 5.87. The van der Waals surface area contributed by atoms with Gasteiger partial charge in [0.15, 0.2) is 0 Å². The lowest BCUT2D eigenvalue weighted by Crippen LogP contribution is -2.25. The maximum absolute atomic E-state index is 13.2. The van der Waals surface area contributed by atoms with Crippen LogP contribution in [0.4, 0.5) is 4.39 Å². The molecular weight excluding hydrogens is 391 g/mol. The molecule has 1 saturated heterocycles. The predicted molar refractivity (Wildman–Crippen MR) is 120 cm³/mol. The minimum Gasteiger partial charge on any atom is -0.348 e. The van der Waals surface area contributed by atoms with Gasteiger partial charge < -0.3 is 5.32 Å². The highest BCUT2D eigenvalue weighted by molar-refractivity contribution is 5.95. The molecule has 1 aliphatic rings. The summed E-state index contributed by atoms with van der Waals surface area (Å²) >= 11 is 0. The van der Waals surface area contributed by atoms with Crippen LogP contribution in [-0.2, 0) is 13.1 Å². The van der Waals surface area contributed by atoms with Crippen LogP contribution in [0.5, 0.6) is 0 Å². The molecule has 0 unspecified atom stereocenters. The number of likely N-dealkylation sites (tertiary alicyclic amines) is 1. The van der Waals surface area contributed by atoms with Crippen molar-refractivity contribution in [3.8, 4) is 5.69 Å². The van der Waals surface area contributed by atoms with Crippen molar-refractivity contribution in [2.24, 2.45) is 0 Å². The monoisotopic (exact) mass is 420 g/mol. The third kappa shape index (κ3) is 5.39. The zero-order valence-corrected chi connectivity index (χ0v) is 18.0. The molecule has 1 fully saturated rings. The number of nitrogens with one attached hydrogen (secondary N) is 1. The van der Waals surface area contributed by atoms with Gasteiger partial charge in [-0.15, -0.1) is 0 Å². The molecule has 3 aromatic rings. The SMILES string of the molecule is Cc1c(C(=O)NCc2cccc(CN3CCCCCC3)c2)cnn1-c1ccc(F)cc1. The molecule has 0 bridgehead atoms. The van der Waals surface area contributed by atoms with Gasteiger partial charge in [-0.05, 0) is 68.2 Å². The second-order valence-electron chi connectivity index (χ2n) is 8.22. The van der Waals surface area contributed by atoms with E-state index in [0.29, 0.717) is 12.1 Å². The van der Waals surface area contributed by atoms with Gasteiger partial charge >= 0.3 is 0 Å². The summed E-state index contributed by atoms with van der Waals surface area (Å²) in [6.45, 7) is 5.60. The van der Waals surface area contributed by atoms with Crippen molar-refractivity contribution < 1.29 is 9.18 Å². The molecule has 0 aliphatic carbocycles. The quantitative estimate of drug-likeness (QED) is 0.633. The fraction of sp³-hybridized carbons (Fsp3) is 0.360. The van der Waals surface area contributed by atoms with Crippen LogP contribution in [0.15, 0.2) is 54.7 Å². The largest absolute Gasteiger partial charge is 0.348 e. The van der Waals surface area contributed by atoms with Crippen LogP contribution < -0.4 is 5.32 Å². The average molecular weight is 421 g/mol. The Morgan fingerprint density at radius 3 is 2.48 bits per heavy atom. The van der Waals surface area contributed by atoms with E-state index in [1.165, 1.54) is 43.4 Å². The zero-order chi connectivity index (χ0) is 21.6. The molecule has 0 atom stereocenters. The summed E-state index contributed by atoms with van der Waals surface area (Å²) in [6, 6.07) is 14.5. The van der Waals surface area contributed by atoms with Gasteiger partial charge in [0.05, 0.1) is 23.1 Å². The van der Waals surface area contributed by atoms with Gasteiger partial charge in [0.2, 0.25) is 0 Å². The molecule has 0 radical (unpaired) electrons. The maximum atomic E-state index is 13.2. The van der Waals surface area contributed by atoms with Gasteiger partial charge in [0.1, 0.15) is 5.82 Å². The van der Waals surface area contributed by atoms with Crippen molar-refractivity contribution in [3.63, 3.8) is 0 Å². The molecule has 4 rings (SSSR count). The molecule has 6 heteroatoms. The summed E-state index contributed by atoms with van der Waals surface area (Å²) in [6.07, 6.45) is 6.78. The number of nitrogens with zero attached hydrogens (tertiary/aromatic N) is 3. The topological polar surface area (TPSA) is 50.2 Å². The van der Waals surface area contributed by atoms with Crippen molar-refractivity contribution in [1.29, 1.82) is 0 Å². The number of hydrogen-bond donors (Lipinski definition) is 1. The van der Waals surface area contributed by atoms with Crippen LogP contribution in [0.25, 0.3) is 5.69 Å². The fourth-order valence-electron chi connectivity index (χ4n) is 4.14. The number of aromatic nitrogens is 2. The Hall–Kier alpha value is -2.99. The van der Waals surface area contributed by atoms with Gasteiger partial charge in [0.25, 0.3) is 5.91 Å². The number of benzene rings is 2. The first-order valence-corrected chi connectivity index (χ1v) is 11.0. The van der Waals surface area contributed by atoms with E-state index in [9.17, 15) is 9.18 Å². The molecule has 2 heterocycles. The summed E-state index contributed by atoms with van der Waals surface area (Å²) < 4.78 is 14.8. The number of amides is 1. The van der Waals surface area contributed by atoms with Gasteiger partial charge in [-0.2, -0.15) is 5.10 Å². The zero-order valence-electron chi connectivity index (χ0n) is 18.0. The molecule has 0 saturated carbocycles.